The normalized spacial score (nSPS) is 10.6. The Morgan fingerprint density at radius 1 is 1.40 bits per heavy atom. The summed E-state index contributed by atoms with van der Waals surface area (Å²) in [5.41, 5.74) is 6.90. The summed E-state index contributed by atoms with van der Waals surface area (Å²) in [7, 11) is 1.97. The van der Waals surface area contributed by atoms with Crippen LogP contribution in [0.5, 0.6) is 0 Å². The van der Waals surface area contributed by atoms with Crippen LogP contribution in [-0.4, -0.2) is 23.6 Å². The minimum atomic E-state index is 0.275. The highest BCUT2D eigenvalue weighted by Crippen LogP contribution is 2.19. The third-order valence-corrected chi connectivity index (χ3v) is 3.05. The van der Waals surface area contributed by atoms with Gasteiger partial charge in [-0.3, -0.25) is 0 Å². The lowest BCUT2D eigenvalue weighted by atomic mass is 10.2. The van der Waals surface area contributed by atoms with Gasteiger partial charge < -0.3 is 20.4 Å². The molecule has 0 aliphatic heterocycles. The van der Waals surface area contributed by atoms with E-state index in [4.69, 9.17) is 10.2 Å². The molecule has 3 N–H and O–H groups in total. The molecule has 0 saturated heterocycles. The van der Waals surface area contributed by atoms with Gasteiger partial charge in [-0.25, -0.2) is 0 Å². The Hall–Kier alpha value is -2.24. The molecule has 6 heteroatoms. The zero-order valence-electron chi connectivity index (χ0n) is 12.2. The number of aromatic nitrogens is 2. The Balaban J connectivity index is 2.14. The number of nitrogens with zero attached hydrogens (tertiary/aromatic N) is 3. The predicted octanol–water partition coefficient (Wildman–Crippen LogP) is 2.42. The van der Waals surface area contributed by atoms with E-state index in [0.29, 0.717) is 6.54 Å². The fourth-order valence-electron chi connectivity index (χ4n) is 1.90. The van der Waals surface area contributed by atoms with E-state index < -0.39 is 0 Å². The fourth-order valence-corrected chi connectivity index (χ4v) is 1.90. The smallest absolute Gasteiger partial charge is 0.223 e. The molecule has 2 heterocycles. The van der Waals surface area contributed by atoms with Gasteiger partial charge in [0.1, 0.15) is 17.4 Å². The van der Waals surface area contributed by atoms with Gasteiger partial charge in [0, 0.05) is 31.8 Å². The summed E-state index contributed by atoms with van der Waals surface area (Å²) in [6.45, 7) is 5.63. The molecule has 108 valence electrons. The first-order valence-corrected chi connectivity index (χ1v) is 6.72. The van der Waals surface area contributed by atoms with Gasteiger partial charge in [-0.2, -0.15) is 9.97 Å². The molecular weight excluding hydrogens is 254 g/mol. The number of hydrogen-bond acceptors (Lipinski definition) is 6. The number of nitrogen functional groups attached to an aromatic ring is 1. The van der Waals surface area contributed by atoms with E-state index >= 15 is 0 Å². The van der Waals surface area contributed by atoms with Crippen molar-refractivity contribution in [1.82, 2.24) is 9.97 Å². The van der Waals surface area contributed by atoms with Crippen LogP contribution in [0.1, 0.15) is 24.7 Å². The van der Waals surface area contributed by atoms with Gasteiger partial charge >= 0.3 is 0 Å². The largest absolute Gasteiger partial charge is 0.469 e. The molecule has 0 amide bonds. The minimum absolute atomic E-state index is 0.275. The van der Waals surface area contributed by atoms with Gasteiger partial charge in [-0.15, -0.1) is 0 Å². The van der Waals surface area contributed by atoms with Crippen molar-refractivity contribution in [2.45, 2.75) is 26.8 Å². The van der Waals surface area contributed by atoms with E-state index in [9.17, 15) is 0 Å². The van der Waals surface area contributed by atoms with Crippen LogP contribution in [0.15, 0.2) is 22.8 Å². The molecule has 0 unspecified atom stereocenters. The summed E-state index contributed by atoms with van der Waals surface area (Å²) in [6, 6.07) is 3.87. The van der Waals surface area contributed by atoms with E-state index in [0.717, 1.165) is 35.9 Å². The summed E-state index contributed by atoms with van der Waals surface area (Å²) in [6.07, 6.45) is 2.73. The number of aryl methyl sites for hydroxylation is 1. The zero-order chi connectivity index (χ0) is 14.5. The van der Waals surface area contributed by atoms with Crippen LogP contribution in [-0.2, 0) is 6.54 Å². The van der Waals surface area contributed by atoms with Crippen LogP contribution in [0.2, 0.25) is 0 Å². The Morgan fingerprint density at radius 2 is 2.20 bits per heavy atom. The summed E-state index contributed by atoms with van der Waals surface area (Å²) in [4.78, 5) is 10.5. The number of nitrogens with two attached hydrogens (primary N) is 1. The van der Waals surface area contributed by atoms with Crippen molar-refractivity contribution >= 4 is 17.6 Å². The molecule has 2 aromatic rings. The summed E-state index contributed by atoms with van der Waals surface area (Å²) in [5, 5.41) is 3.22. The van der Waals surface area contributed by atoms with Gasteiger partial charge in [0.25, 0.3) is 0 Å². The molecule has 0 aliphatic carbocycles. The van der Waals surface area contributed by atoms with Crippen molar-refractivity contribution < 1.29 is 4.42 Å². The third-order valence-electron chi connectivity index (χ3n) is 3.05. The maximum Gasteiger partial charge on any atom is 0.223 e. The highest BCUT2D eigenvalue weighted by atomic mass is 16.3. The van der Waals surface area contributed by atoms with Gasteiger partial charge in [-0.05, 0) is 19.4 Å². The minimum Gasteiger partial charge on any atom is -0.469 e. The maximum absolute atomic E-state index is 5.76. The van der Waals surface area contributed by atoms with Crippen molar-refractivity contribution in [3.05, 3.63) is 29.7 Å². The average molecular weight is 275 g/mol. The molecule has 0 radical (unpaired) electrons. The lowest BCUT2D eigenvalue weighted by Crippen LogP contribution is -2.19. The zero-order valence-corrected chi connectivity index (χ0v) is 12.2. The Morgan fingerprint density at radius 3 is 2.85 bits per heavy atom. The number of furan rings is 1. The number of anilines is 3. The highest BCUT2D eigenvalue weighted by molar-refractivity contribution is 5.52. The van der Waals surface area contributed by atoms with Crippen molar-refractivity contribution in [2.75, 3.05) is 29.5 Å². The number of nitrogens with one attached hydrogen (secondary N) is 1. The van der Waals surface area contributed by atoms with Crippen molar-refractivity contribution in [3.8, 4) is 0 Å². The average Bonchev–Trinajstić information content (AvgIpc) is 2.81. The van der Waals surface area contributed by atoms with Gasteiger partial charge in [-0.1, -0.05) is 6.92 Å². The summed E-state index contributed by atoms with van der Waals surface area (Å²) >= 11 is 0. The fraction of sp³-hybridized carbons (Fsp3) is 0.429. The second-order valence-electron chi connectivity index (χ2n) is 4.75. The highest BCUT2D eigenvalue weighted by Gasteiger charge is 2.10. The van der Waals surface area contributed by atoms with E-state index in [-0.39, 0.29) is 5.95 Å². The van der Waals surface area contributed by atoms with Crippen LogP contribution in [0.3, 0.4) is 0 Å². The van der Waals surface area contributed by atoms with Gasteiger partial charge in [0.05, 0.1) is 6.26 Å². The molecule has 2 aromatic heterocycles. The van der Waals surface area contributed by atoms with Crippen LogP contribution in [0.25, 0.3) is 0 Å². The molecule has 6 nitrogen and oxygen atoms in total. The molecule has 0 fully saturated rings. The van der Waals surface area contributed by atoms with Gasteiger partial charge in [0.15, 0.2) is 0 Å². The van der Waals surface area contributed by atoms with Crippen molar-refractivity contribution in [2.24, 2.45) is 0 Å². The first kappa shape index (κ1) is 14.2. The third kappa shape index (κ3) is 3.40. The number of rotatable bonds is 6. The molecular formula is C14H21N5O. The van der Waals surface area contributed by atoms with E-state index in [1.54, 1.807) is 6.26 Å². The second-order valence-corrected chi connectivity index (χ2v) is 4.75. The Kier molecular flexibility index (Phi) is 4.45. The molecule has 0 bridgehead atoms. The standard InChI is InChI=1S/C14H21N5O/c1-4-6-16-12-8-13(18-14(15)17-12)19(3)9-11-5-7-20-10(11)2/h5,7-8H,4,6,9H2,1-3H3,(H3,15,16,17,18). The van der Waals surface area contributed by atoms with E-state index in [1.807, 2.05) is 31.0 Å². The maximum atomic E-state index is 5.76. The molecule has 0 saturated carbocycles. The van der Waals surface area contributed by atoms with Crippen molar-refractivity contribution in [1.29, 1.82) is 0 Å². The first-order valence-electron chi connectivity index (χ1n) is 6.72. The Labute approximate surface area is 119 Å². The predicted molar refractivity (Wildman–Crippen MR) is 80.8 cm³/mol. The second kappa shape index (κ2) is 6.27. The van der Waals surface area contributed by atoms with E-state index in [2.05, 4.69) is 22.2 Å². The van der Waals surface area contributed by atoms with Crippen LogP contribution < -0.4 is 16.0 Å². The molecule has 20 heavy (non-hydrogen) atoms. The first-order chi connectivity index (χ1) is 9.60. The van der Waals surface area contributed by atoms with Crippen LogP contribution in [0.4, 0.5) is 17.6 Å². The lowest BCUT2D eigenvalue weighted by Gasteiger charge is -2.19. The summed E-state index contributed by atoms with van der Waals surface area (Å²) in [5.74, 6) is 2.74. The van der Waals surface area contributed by atoms with Crippen LogP contribution in [0, 0.1) is 6.92 Å². The molecule has 0 spiro atoms. The molecule has 0 atom stereocenters. The molecule has 2 rings (SSSR count). The molecule has 0 aromatic carbocycles. The lowest BCUT2D eigenvalue weighted by molar-refractivity contribution is 0.529. The topological polar surface area (TPSA) is 80.2 Å². The van der Waals surface area contributed by atoms with Crippen LogP contribution >= 0.6 is 0 Å². The molecule has 0 aliphatic rings. The SMILES string of the molecule is CCCNc1cc(N(C)Cc2ccoc2C)nc(N)n1. The number of hydrogen-bond donors (Lipinski definition) is 2. The monoisotopic (exact) mass is 275 g/mol. The van der Waals surface area contributed by atoms with Gasteiger partial charge in [0.2, 0.25) is 5.95 Å². The quantitative estimate of drug-likeness (QED) is 0.842. The Bertz CT molecular complexity index is 566. The summed E-state index contributed by atoms with van der Waals surface area (Å²) < 4.78 is 5.31. The van der Waals surface area contributed by atoms with E-state index in [1.165, 1.54) is 0 Å². The van der Waals surface area contributed by atoms with Crippen molar-refractivity contribution in [3.63, 3.8) is 0 Å².